The minimum atomic E-state index is 0.411. The number of nitrogens with two attached hydrogens (primary N) is 1. The molecule has 112 valence electrons. The number of nitrogens with one attached hydrogen (secondary N) is 1. The molecule has 0 radical (unpaired) electrons. The number of benzene rings is 2. The molecule has 3 aromatic rings. The van der Waals surface area contributed by atoms with Crippen LogP contribution in [0.15, 0.2) is 48.7 Å². The van der Waals surface area contributed by atoms with Gasteiger partial charge >= 0.3 is 0 Å². The Balaban J connectivity index is 2.00. The summed E-state index contributed by atoms with van der Waals surface area (Å²) >= 11 is 0. The summed E-state index contributed by atoms with van der Waals surface area (Å²) in [4.78, 5) is 7.02. The van der Waals surface area contributed by atoms with Gasteiger partial charge in [-0.3, -0.25) is 0 Å². The van der Waals surface area contributed by atoms with Crippen LogP contribution in [-0.2, 0) is 0 Å². The Morgan fingerprint density at radius 3 is 2.27 bits per heavy atom. The molecule has 0 spiro atoms. The zero-order valence-electron chi connectivity index (χ0n) is 12.5. The van der Waals surface area contributed by atoms with Gasteiger partial charge in [-0.2, -0.15) is 0 Å². The van der Waals surface area contributed by atoms with Gasteiger partial charge in [0.25, 0.3) is 0 Å². The maximum atomic E-state index is 5.61. The molecule has 0 atom stereocenters. The zero-order chi connectivity index (χ0) is 15.5. The van der Waals surface area contributed by atoms with Gasteiger partial charge in [0.2, 0.25) is 0 Å². The van der Waals surface area contributed by atoms with Crippen LogP contribution in [0.1, 0.15) is 0 Å². The first-order valence-electron chi connectivity index (χ1n) is 6.85. The van der Waals surface area contributed by atoms with Gasteiger partial charge < -0.3 is 20.2 Å². The number of rotatable bonds is 4. The molecule has 0 amide bonds. The van der Waals surface area contributed by atoms with Crippen molar-refractivity contribution in [1.29, 1.82) is 0 Å². The summed E-state index contributed by atoms with van der Waals surface area (Å²) in [6.45, 7) is 0. The Morgan fingerprint density at radius 2 is 1.68 bits per heavy atom. The van der Waals surface area contributed by atoms with Gasteiger partial charge in [0.15, 0.2) is 17.4 Å². The van der Waals surface area contributed by atoms with Gasteiger partial charge in [-0.1, -0.05) is 36.4 Å². The van der Waals surface area contributed by atoms with Crippen LogP contribution in [0, 0.1) is 0 Å². The summed E-state index contributed by atoms with van der Waals surface area (Å²) in [6.07, 6.45) is 1.72. The highest BCUT2D eigenvalue weighted by Crippen LogP contribution is 2.38. The predicted octanol–water partition coefficient (Wildman–Crippen LogP) is 3.34. The van der Waals surface area contributed by atoms with Crippen LogP contribution < -0.4 is 15.2 Å². The van der Waals surface area contributed by atoms with Crippen LogP contribution in [0.2, 0.25) is 0 Å². The van der Waals surface area contributed by atoms with Gasteiger partial charge in [0.05, 0.1) is 26.1 Å². The summed E-state index contributed by atoms with van der Waals surface area (Å²) in [5.41, 5.74) is 9.56. The number of nitrogens with zero attached hydrogens (tertiary/aromatic N) is 1. The van der Waals surface area contributed by atoms with E-state index >= 15 is 0 Å². The van der Waals surface area contributed by atoms with Crippen molar-refractivity contribution in [2.45, 2.75) is 0 Å². The van der Waals surface area contributed by atoms with Crippen LogP contribution in [0.3, 0.4) is 0 Å². The topological polar surface area (TPSA) is 73.2 Å². The third kappa shape index (κ3) is 2.48. The highest BCUT2D eigenvalue weighted by atomic mass is 16.5. The van der Waals surface area contributed by atoms with E-state index in [-0.39, 0.29) is 0 Å². The molecule has 3 rings (SSSR count). The largest absolute Gasteiger partial charge is 0.493 e. The van der Waals surface area contributed by atoms with Crippen LogP contribution in [0.25, 0.3) is 22.4 Å². The van der Waals surface area contributed by atoms with Crippen molar-refractivity contribution in [2.75, 3.05) is 20.0 Å². The number of hydrogen-bond acceptors (Lipinski definition) is 4. The first-order chi connectivity index (χ1) is 10.7. The molecule has 0 aliphatic heterocycles. The molecule has 0 aliphatic carbocycles. The summed E-state index contributed by atoms with van der Waals surface area (Å²) in [5, 5.41) is 0. The number of aromatic amines is 1. The van der Waals surface area contributed by atoms with E-state index in [1.54, 1.807) is 20.4 Å². The average Bonchev–Trinajstić information content (AvgIpc) is 3.00. The minimum Gasteiger partial charge on any atom is -0.493 e. The van der Waals surface area contributed by atoms with Gasteiger partial charge in [-0.25, -0.2) is 4.98 Å². The van der Waals surface area contributed by atoms with Gasteiger partial charge in [0, 0.05) is 5.56 Å². The third-order valence-electron chi connectivity index (χ3n) is 3.51. The maximum absolute atomic E-state index is 5.61. The van der Waals surface area contributed by atoms with Gasteiger partial charge in [-0.15, -0.1) is 0 Å². The van der Waals surface area contributed by atoms with Gasteiger partial charge in [0.1, 0.15) is 0 Å². The van der Waals surface area contributed by atoms with E-state index in [1.165, 1.54) is 0 Å². The van der Waals surface area contributed by atoms with Crippen molar-refractivity contribution in [3.63, 3.8) is 0 Å². The highest BCUT2D eigenvalue weighted by Gasteiger charge is 2.11. The van der Waals surface area contributed by atoms with Crippen LogP contribution >= 0.6 is 0 Å². The lowest BCUT2D eigenvalue weighted by molar-refractivity contribution is 0.356. The van der Waals surface area contributed by atoms with Crippen LogP contribution in [-0.4, -0.2) is 24.2 Å². The number of aromatic nitrogens is 2. The average molecular weight is 295 g/mol. The smallest absolute Gasteiger partial charge is 0.197 e. The lowest BCUT2D eigenvalue weighted by atomic mass is 10.0. The molecule has 0 saturated carbocycles. The molecule has 0 bridgehead atoms. The van der Waals surface area contributed by atoms with E-state index in [9.17, 15) is 0 Å². The van der Waals surface area contributed by atoms with Crippen molar-refractivity contribution >= 4 is 5.95 Å². The first-order valence-corrected chi connectivity index (χ1v) is 6.85. The summed E-state index contributed by atoms with van der Waals surface area (Å²) < 4.78 is 10.8. The summed E-state index contributed by atoms with van der Waals surface area (Å²) in [6, 6.07) is 13.9. The zero-order valence-corrected chi connectivity index (χ0v) is 12.5. The quantitative estimate of drug-likeness (QED) is 0.774. The molecule has 2 aromatic carbocycles. The Kier molecular flexibility index (Phi) is 3.70. The molecular weight excluding hydrogens is 278 g/mol. The Labute approximate surface area is 128 Å². The summed E-state index contributed by atoms with van der Waals surface area (Å²) in [5.74, 6) is 1.85. The van der Waals surface area contributed by atoms with E-state index in [2.05, 4.69) is 9.97 Å². The second-order valence-electron chi connectivity index (χ2n) is 4.80. The van der Waals surface area contributed by atoms with Crippen molar-refractivity contribution < 1.29 is 9.47 Å². The first kappa shape index (κ1) is 14.0. The normalized spacial score (nSPS) is 10.5. The SMILES string of the molecule is COc1cccc(-c2ccc(-c3cnc(N)[nH]3)cc2)c1OC. The number of H-pyrrole nitrogens is 1. The van der Waals surface area contributed by atoms with E-state index in [0.717, 1.165) is 28.1 Å². The third-order valence-corrected chi connectivity index (χ3v) is 3.51. The fourth-order valence-corrected chi connectivity index (χ4v) is 2.43. The number of anilines is 1. The minimum absolute atomic E-state index is 0.411. The molecule has 5 heteroatoms. The fraction of sp³-hybridized carbons (Fsp3) is 0.118. The Hall–Kier alpha value is -2.95. The molecule has 0 fully saturated rings. The van der Waals surface area contributed by atoms with Crippen molar-refractivity contribution in [3.8, 4) is 33.9 Å². The monoisotopic (exact) mass is 295 g/mol. The molecule has 0 unspecified atom stereocenters. The lowest BCUT2D eigenvalue weighted by Gasteiger charge is -2.12. The number of imidazole rings is 1. The number of hydrogen-bond donors (Lipinski definition) is 2. The lowest BCUT2D eigenvalue weighted by Crippen LogP contribution is -1.93. The van der Waals surface area contributed by atoms with E-state index in [4.69, 9.17) is 15.2 Å². The second-order valence-corrected chi connectivity index (χ2v) is 4.80. The molecule has 0 aliphatic rings. The van der Waals surface area contributed by atoms with E-state index in [1.807, 2.05) is 42.5 Å². The fourth-order valence-electron chi connectivity index (χ4n) is 2.43. The Bertz CT molecular complexity index is 779. The maximum Gasteiger partial charge on any atom is 0.197 e. The van der Waals surface area contributed by atoms with Crippen molar-refractivity contribution in [2.24, 2.45) is 0 Å². The molecule has 5 nitrogen and oxygen atoms in total. The molecule has 22 heavy (non-hydrogen) atoms. The van der Waals surface area contributed by atoms with Crippen LogP contribution in [0.4, 0.5) is 5.95 Å². The molecule has 3 N–H and O–H groups in total. The Morgan fingerprint density at radius 1 is 0.955 bits per heavy atom. The standard InChI is InChI=1S/C17H17N3O2/c1-21-15-5-3-4-13(16(15)22-2)11-6-8-12(9-7-11)14-10-19-17(18)20-14/h3-10H,1-2H3,(H3,18,19,20). The van der Waals surface area contributed by atoms with Gasteiger partial charge in [-0.05, 0) is 17.2 Å². The number of methoxy groups -OCH3 is 2. The molecule has 0 saturated heterocycles. The summed E-state index contributed by atoms with van der Waals surface area (Å²) in [7, 11) is 3.27. The molecule has 1 heterocycles. The molecule has 1 aromatic heterocycles. The van der Waals surface area contributed by atoms with Crippen LogP contribution in [0.5, 0.6) is 11.5 Å². The van der Waals surface area contributed by atoms with Crippen molar-refractivity contribution in [3.05, 3.63) is 48.7 Å². The number of para-hydroxylation sites is 1. The van der Waals surface area contributed by atoms with E-state index in [0.29, 0.717) is 11.7 Å². The second kappa shape index (κ2) is 5.81. The predicted molar refractivity (Wildman–Crippen MR) is 87.0 cm³/mol. The number of ether oxygens (including phenoxy) is 2. The molecular formula is C17H17N3O2. The highest BCUT2D eigenvalue weighted by molar-refractivity contribution is 5.75. The number of nitrogen functional groups attached to an aromatic ring is 1. The van der Waals surface area contributed by atoms with Crippen molar-refractivity contribution in [1.82, 2.24) is 9.97 Å². The van der Waals surface area contributed by atoms with E-state index < -0.39 is 0 Å².